The lowest BCUT2D eigenvalue weighted by Gasteiger charge is -2.02. The molecule has 80 valence electrons. The second-order valence-electron chi connectivity index (χ2n) is 2.74. The molecule has 2 aromatic rings. The smallest absolute Gasteiger partial charge is 0.129 e. The fourth-order valence-corrected chi connectivity index (χ4v) is 1.79. The number of pyridine rings is 2. The van der Waals surface area contributed by atoms with Gasteiger partial charge in [-0.05, 0) is 28.9 Å². The van der Waals surface area contributed by atoms with Gasteiger partial charge in [0.05, 0.1) is 0 Å². The predicted octanol–water partition coefficient (Wildman–Crippen LogP) is 4.38. The van der Waals surface area contributed by atoms with Gasteiger partial charge >= 0.3 is 0 Å². The highest BCUT2D eigenvalue weighted by molar-refractivity contribution is 9.10. The minimum Gasteiger partial charge on any atom is -0.260 e. The molecule has 0 aliphatic carbocycles. The van der Waals surface area contributed by atoms with Crippen LogP contribution in [0.5, 0.6) is 0 Å². The number of hydrogen-bond donors (Lipinski definition) is 0. The summed E-state index contributed by atoms with van der Waals surface area (Å²) in [7, 11) is 0. The number of hydrogen-bond acceptors (Lipinski definition) is 2. The summed E-state index contributed by atoms with van der Waals surface area (Å²) in [6.07, 6.45) is 3.52. The van der Waals surface area contributed by atoms with Gasteiger partial charge in [-0.2, -0.15) is 0 Å². The molecule has 0 amide bonds. The van der Waals surface area contributed by atoms with Gasteiger partial charge in [-0.25, -0.2) is 4.98 Å². The number of aromatic nitrogens is 2. The fourth-order valence-electron chi connectivity index (χ4n) is 1.21. The first kappa shape index (κ1) is 12.4. The van der Waals surface area contributed by atoms with Gasteiger partial charge in [0.1, 0.15) is 5.15 Å². The number of nitrogens with zero attached hydrogens (tertiary/aromatic N) is 2. The Morgan fingerprint density at radius 2 is 1.80 bits per heavy atom. The first-order valence-corrected chi connectivity index (χ1v) is 5.92. The highest BCUT2D eigenvalue weighted by Gasteiger charge is 2.03. The van der Waals surface area contributed by atoms with Crippen LogP contribution in [0.3, 0.4) is 0 Å². The Labute approximate surface area is 103 Å². The summed E-state index contributed by atoms with van der Waals surface area (Å²) < 4.78 is 0.942. The van der Waals surface area contributed by atoms with Crippen molar-refractivity contribution in [2.75, 3.05) is 0 Å². The zero-order valence-corrected chi connectivity index (χ0v) is 11.2. The highest BCUT2D eigenvalue weighted by atomic mass is 79.9. The van der Waals surface area contributed by atoms with E-state index in [0.29, 0.717) is 5.15 Å². The predicted molar refractivity (Wildman–Crippen MR) is 68.3 cm³/mol. The van der Waals surface area contributed by atoms with E-state index in [1.165, 1.54) is 0 Å². The van der Waals surface area contributed by atoms with Crippen LogP contribution in [0.1, 0.15) is 19.5 Å². The molecule has 0 bridgehead atoms. The Balaban J connectivity index is 0.000000531. The lowest BCUT2D eigenvalue weighted by Crippen LogP contribution is -1.86. The standard InChI is InChI=1S/C9H6BrClN2.C2H6/c1-5-6-2-9(11)13-3-7(6)8(10)4-12-5;1-2/h2-4H,1H3;1-2H3. The van der Waals surface area contributed by atoms with Crippen LogP contribution in [0, 0.1) is 6.92 Å². The molecule has 0 saturated heterocycles. The molecular formula is C11H12BrClN2. The van der Waals surface area contributed by atoms with Gasteiger partial charge in [-0.3, -0.25) is 4.98 Å². The van der Waals surface area contributed by atoms with E-state index < -0.39 is 0 Å². The van der Waals surface area contributed by atoms with Crippen molar-refractivity contribution in [3.8, 4) is 0 Å². The van der Waals surface area contributed by atoms with Crippen LogP contribution in [0.2, 0.25) is 5.15 Å². The van der Waals surface area contributed by atoms with Gasteiger partial charge in [-0.15, -0.1) is 0 Å². The Morgan fingerprint density at radius 1 is 1.13 bits per heavy atom. The SMILES string of the molecule is CC.Cc1ncc(Br)c2cnc(Cl)cc12. The van der Waals surface area contributed by atoms with Crippen LogP contribution in [0.25, 0.3) is 10.8 Å². The van der Waals surface area contributed by atoms with Crippen LogP contribution in [0.15, 0.2) is 22.9 Å². The summed E-state index contributed by atoms with van der Waals surface area (Å²) in [5.41, 5.74) is 0.961. The number of fused-ring (bicyclic) bond motifs is 1. The molecule has 2 aromatic heterocycles. The molecule has 2 heterocycles. The van der Waals surface area contributed by atoms with Crippen LogP contribution in [-0.2, 0) is 0 Å². The van der Waals surface area contributed by atoms with E-state index >= 15 is 0 Å². The average molecular weight is 288 g/mol. The van der Waals surface area contributed by atoms with E-state index in [4.69, 9.17) is 11.6 Å². The average Bonchev–Trinajstić information content (AvgIpc) is 2.27. The molecule has 2 nitrogen and oxygen atoms in total. The van der Waals surface area contributed by atoms with E-state index in [1.807, 2.05) is 26.8 Å². The number of rotatable bonds is 0. The van der Waals surface area contributed by atoms with E-state index in [9.17, 15) is 0 Å². The van der Waals surface area contributed by atoms with Crippen molar-refractivity contribution >= 4 is 38.3 Å². The lowest BCUT2D eigenvalue weighted by atomic mass is 10.2. The van der Waals surface area contributed by atoms with Gasteiger partial charge in [0, 0.05) is 33.3 Å². The molecule has 0 atom stereocenters. The Hall–Kier alpha value is -0.670. The molecule has 4 heteroatoms. The van der Waals surface area contributed by atoms with E-state index in [1.54, 1.807) is 12.4 Å². The minimum atomic E-state index is 0.496. The van der Waals surface area contributed by atoms with Gasteiger partial charge in [0.15, 0.2) is 0 Å². The van der Waals surface area contributed by atoms with Crippen LogP contribution < -0.4 is 0 Å². The maximum absolute atomic E-state index is 5.79. The molecule has 0 aliphatic heterocycles. The molecule has 0 aliphatic rings. The van der Waals surface area contributed by atoms with Crippen molar-refractivity contribution in [1.29, 1.82) is 0 Å². The zero-order chi connectivity index (χ0) is 11.4. The second kappa shape index (κ2) is 5.42. The summed E-state index contributed by atoms with van der Waals surface area (Å²) in [5, 5.41) is 2.57. The zero-order valence-electron chi connectivity index (χ0n) is 8.88. The maximum Gasteiger partial charge on any atom is 0.129 e. The monoisotopic (exact) mass is 286 g/mol. The molecule has 0 spiro atoms. The van der Waals surface area contributed by atoms with Crippen molar-refractivity contribution in [1.82, 2.24) is 9.97 Å². The normalized spacial score (nSPS) is 9.67. The summed E-state index contributed by atoms with van der Waals surface area (Å²) in [6.45, 7) is 5.95. The van der Waals surface area contributed by atoms with Gasteiger partial charge < -0.3 is 0 Å². The molecule has 0 N–H and O–H groups in total. The maximum atomic E-state index is 5.79. The third-order valence-electron chi connectivity index (χ3n) is 1.89. The molecule has 2 rings (SSSR count). The fraction of sp³-hybridized carbons (Fsp3) is 0.273. The van der Waals surface area contributed by atoms with Gasteiger partial charge in [0.2, 0.25) is 0 Å². The van der Waals surface area contributed by atoms with E-state index in [0.717, 1.165) is 20.9 Å². The summed E-state index contributed by atoms with van der Waals surface area (Å²) >= 11 is 9.20. The molecule has 15 heavy (non-hydrogen) atoms. The lowest BCUT2D eigenvalue weighted by molar-refractivity contribution is 1.22. The largest absolute Gasteiger partial charge is 0.260 e. The van der Waals surface area contributed by atoms with Crippen molar-refractivity contribution in [3.63, 3.8) is 0 Å². The Bertz CT molecular complexity index is 471. The Morgan fingerprint density at radius 3 is 2.47 bits per heavy atom. The summed E-state index contributed by atoms with van der Waals surface area (Å²) in [5.74, 6) is 0. The first-order chi connectivity index (χ1) is 7.18. The van der Waals surface area contributed by atoms with E-state index in [2.05, 4.69) is 25.9 Å². The van der Waals surface area contributed by atoms with Crippen LogP contribution >= 0.6 is 27.5 Å². The van der Waals surface area contributed by atoms with Crippen molar-refractivity contribution in [3.05, 3.63) is 33.8 Å². The number of halogens is 2. The highest BCUT2D eigenvalue weighted by Crippen LogP contribution is 2.25. The third-order valence-corrected chi connectivity index (χ3v) is 2.73. The van der Waals surface area contributed by atoms with Crippen molar-refractivity contribution in [2.45, 2.75) is 20.8 Å². The topological polar surface area (TPSA) is 25.8 Å². The van der Waals surface area contributed by atoms with Crippen molar-refractivity contribution < 1.29 is 0 Å². The molecule has 0 fully saturated rings. The van der Waals surface area contributed by atoms with Crippen LogP contribution in [0.4, 0.5) is 0 Å². The van der Waals surface area contributed by atoms with Gasteiger partial charge in [-0.1, -0.05) is 25.4 Å². The first-order valence-electron chi connectivity index (χ1n) is 4.75. The third kappa shape index (κ3) is 2.67. The summed E-state index contributed by atoms with van der Waals surface area (Å²) in [6, 6.07) is 1.82. The van der Waals surface area contributed by atoms with Gasteiger partial charge in [0.25, 0.3) is 0 Å². The molecule has 0 saturated carbocycles. The quantitative estimate of drug-likeness (QED) is 0.672. The Kier molecular flexibility index (Phi) is 4.48. The molecule has 0 radical (unpaired) electrons. The minimum absolute atomic E-state index is 0.496. The summed E-state index contributed by atoms with van der Waals surface area (Å²) in [4.78, 5) is 8.23. The van der Waals surface area contributed by atoms with Crippen molar-refractivity contribution in [2.24, 2.45) is 0 Å². The van der Waals surface area contributed by atoms with Crippen LogP contribution in [-0.4, -0.2) is 9.97 Å². The number of aryl methyl sites for hydroxylation is 1. The molecular weight excluding hydrogens is 275 g/mol. The van der Waals surface area contributed by atoms with E-state index in [-0.39, 0.29) is 0 Å². The second-order valence-corrected chi connectivity index (χ2v) is 3.99. The molecule has 0 aromatic carbocycles. The molecule has 0 unspecified atom stereocenters.